The van der Waals surface area contributed by atoms with Crippen molar-refractivity contribution in [2.24, 2.45) is 23.7 Å². The first-order valence-electron chi connectivity index (χ1n) is 39.4. The molecular formula is C87H114Br4LiN11O21. The van der Waals surface area contributed by atoms with Gasteiger partial charge in [-0.2, -0.15) is 0 Å². The maximum absolute atomic E-state index is 12.6. The molecule has 8 heterocycles. The van der Waals surface area contributed by atoms with Crippen molar-refractivity contribution in [3.8, 4) is 22.9 Å². The zero-order chi connectivity index (χ0) is 91.3. The van der Waals surface area contributed by atoms with E-state index in [-0.39, 0.29) is 77.5 Å². The molecule has 4 N–H and O–H groups in total. The van der Waals surface area contributed by atoms with Crippen molar-refractivity contribution in [2.45, 2.75) is 242 Å². The molecule has 1 atom stereocenters. The summed E-state index contributed by atoms with van der Waals surface area (Å²) in [6.07, 6.45) is 20.8. The number of oxazole rings is 3. The Bertz CT molecular complexity index is 4560. The van der Waals surface area contributed by atoms with E-state index in [1.54, 1.807) is 102 Å². The number of hydrogen-bond acceptors (Lipinski definition) is 29. The normalized spacial score (nSPS) is 13.5. The van der Waals surface area contributed by atoms with Gasteiger partial charge in [0.2, 0.25) is 11.8 Å². The number of halogens is 4. The van der Waals surface area contributed by atoms with E-state index in [0.29, 0.717) is 76.7 Å². The van der Waals surface area contributed by atoms with E-state index in [9.17, 15) is 43.2 Å². The van der Waals surface area contributed by atoms with Crippen molar-refractivity contribution in [3.05, 3.63) is 159 Å². The Morgan fingerprint density at radius 3 is 1.22 bits per heavy atom. The van der Waals surface area contributed by atoms with Gasteiger partial charge in [0, 0.05) is 87.8 Å². The molecule has 0 bridgehead atoms. The molecule has 124 heavy (non-hydrogen) atoms. The third-order valence-electron chi connectivity index (χ3n) is 15.6. The van der Waals surface area contributed by atoms with Crippen LogP contribution >= 0.6 is 63.7 Å². The van der Waals surface area contributed by atoms with Crippen LogP contribution in [0.25, 0.3) is 22.9 Å². The predicted molar refractivity (Wildman–Crippen MR) is 473 cm³/mol. The summed E-state index contributed by atoms with van der Waals surface area (Å²) in [6, 6.07) is 17.7. The number of hydrogen-bond donors (Lipinski definition) is 2. The average Bonchev–Trinajstić information content (AvgIpc) is 1.66. The minimum absolute atomic E-state index is 0. The molecule has 0 saturated heterocycles. The van der Waals surface area contributed by atoms with E-state index >= 15 is 0 Å². The number of ketones is 2. The summed E-state index contributed by atoms with van der Waals surface area (Å²) in [6.45, 7) is 36.1. The zero-order valence-electron chi connectivity index (χ0n) is 74.3. The van der Waals surface area contributed by atoms with Crippen LogP contribution in [0.15, 0.2) is 144 Å². The van der Waals surface area contributed by atoms with E-state index in [1.807, 2.05) is 113 Å². The zero-order valence-corrected chi connectivity index (χ0v) is 80.6. The summed E-state index contributed by atoms with van der Waals surface area (Å²) in [7, 11) is 0. The van der Waals surface area contributed by atoms with Gasteiger partial charge in [0.05, 0.1) is 23.7 Å². The molecule has 4 saturated carbocycles. The second-order valence-electron chi connectivity index (χ2n) is 34.7. The fraction of sp³-hybridized carbons (Fsp3) is 0.506. The number of Topliss-reactive ketones (excluding diaryl/α,β-unsaturated/α-hetero) is 2. The fourth-order valence-corrected chi connectivity index (χ4v) is 11.3. The number of ether oxygens (including phenoxy) is 7. The number of carboxylic acid groups (broad SMARTS) is 1. The second kappa shape index (κ2) is 50.1. The van der Waals surface area contributed by atoms with Gasteiger partial charge in [-0.15, -0.1) is 0 Å². The van der Waals surface area contributed by atoms with Crippen LogP contribution in [-0.2, 0) is 49.2 Å². The summed E-state index contributed by atoms with van der Waals surface area (Å²) in [4.78, 5) is 139. The minimum Gasteiger partial charge on any atom is -0.870 e. The second-order valence-corrected chi connectivity index (χ2v) is 38.1. The number of rotatable bonds is 18. The smallest absolute Gasteiger partial charge is 0.870 e. The number of alkyl halides is 1. The van der Waals surface area contributed by atoms with Gasteiger partial charge in [-0.3, -0.25) is 38.9 Å². The number of esters is 2. The third-order valence-corrected chi connectivity index (χ3v) is 18.0. The van der Waals surface area contributed by atoms with Crippen LogP contribution in [-0.4, -0.2) is 156 Å². The van der Waals surface area contributed by atoms with Crippen LogP contribution in [0.1, 0.15) is 245 Å². The summed E-state index contributed by atoms with van der Waals surface area (Å²) < 4.78 is 53.5. The van der Waals surface area contributed by atoms with Crippen LogP contribution in [0, 0.1) is 23.7 Å². The van der Waals surface area contributed by atoms with E-state index in [1.165, 1.54) is 74.9 Å². The third kappa shape index (κ3) is 46.6. The molecule has 0 spiro atoms. The molecule has 4 aliphatic carbocycles. The van der Waals surface area contributed by atoms with Gasteiger partial charge in [-0.1, -0.05) is 76.6 Å². The van der Waals surface area contributed by atoms with Crippen LogP contribution in [0.4, 0.5) is 36.6 Å². The maximum Gasteiger partial charge on any atom is 1.00 e. The van der Waals surface area contributed by atoms with E-state index < -0.39 is 64.1 Å². The Morgan fingerprint density at radius 2 is 0.887 bits per heavy atom. The average molecular weight is 1980 g/mol. The van der Waals surface area contributed by atoms with Crippen LogP contribution in [0.5, 0.6) is 0 Å². The van der Waals surface area contributed by atoms with Gasteiger partial charge < -0.3 is 62.7 Å². The molecule has 2 amide bonds. The Hall–Kier alpha value is -9.31. The molecular weight excluding hydrogens is 1860 g/mol. The molecule has 4 fully saturated rings. The Morgan fingerprint density at radius 1 is 0.484 bits per heavy atom. The van der Waals surface area contributed by atoms with Crippen molar-refractivity contribution in [2.75, 3.05) is 34.0 Å². The van der Waals surface area contributed by atoms with Gasteiger partial charge in [0.25, 0.3) is 0 Å². The number of carbonyl (C=O) groups excluding carboxylic acids is 8. The van der Waals surface area contributed by atoms with Crippen LogP contribution in [0.3, 0.4) is 0 Å². The first kappa shape index (κ1) is 109. The van der Waals surface area contributed by atoms with Crippen LogP contribution < -0.4 is 34.4 Å². The molecule has 0 aliphatic heterocycles. The number of amides is 2. The summed E-state index contributed by atoms with van der Waals surface area (Å²) in [5.41, 5.74) is 4.98. The van der Waals surface area contributed by atoms with E-state index in [2.05, 4.69) is 113 Å². The number of anilines is 3. The number of nitrogen functional groups attached to an aromatic ring is 1. The molecule has 0 radical (unpaired) electrons. The summed E-state index contributed by atoms with van der Waals surface area (Å²) in [5, 5.41) is 10.2. The van der Waals surface area contributed by atoms with Crippen molar-refractivity contribution < 1.29 is 119 Å². The molecule has 8 aromatic rings. The molecule has 4 aliphatic rings. The van der Waals surface area contributed by atoms with Crippen molar-refractivity contribution in [1.29, 1.82) is 0 Å². The summed E-state index contributed by atoms with van der Waals surface area (Å²) in [5.74, 6) is 2.44. The Labute approximate surface area is 769 Å². The van der Waals surface area contributed by atoms with Gasteiger partial charge >= 0.3 is 61.3 Å². The molecule has 32 nitrogen and oxygen atoms in total. The quantitative estimate of drug-likeness (QED) is 0.0201. The fourth-order valence-electron chi connectivity index (χ4n) is 9.51. The van der Waals surface area contributed by atoms with Crippen LogP contribution in [0.2, 0.25) is 0 Å². The van der Waals surface area contributed by atoms with Gasteiger partial charge in [-0.05, 0) is 254 Å². The topological polar surface area (TPSA) is 444 Å². The molecule has 37 heteroatoms. The van der Waals surface area contributed by atoms with Gasteiger partial charge in [0.1, 0.15) is 81.2 Å². The number of nitrogens with two attached hydrogens (primary N) is 1. The van der Waals surface area contributed by atoms with Crippen molar-refractivity contribution in [1.82, 2.24) is 39.9 Å². The standard InChI is InChI=1S/C19H23N3O4.C18H21N3O5.C15H20BrNO2.C11H14BrNO2.C10H18O5.C5H5BrN2.C5H5NO2.C4H7Br.Li.H2O/c1-12(23)15-11-25-17(21-15)14-7-8-20-16(9-14)22(10-13-5-6-13)18(24)26-19(2,3)4;1-18(2,3)26-17(24)21(9-11-4-5-11)14-8-12(6-7-19-14)15-20-13(10-25-15)16(22)23;1-15(2,3)19-14(18)12(8-10-4-5-10)13-9-11(16)6-7-17-13;1-11(2,3)15-10(14)7-9-6-8(12)4-5-13-9;1-9(2,3)14-7(11)13-8(12)15-10(4,5)6;6-4-1-2-8-5(7)3-4;1-4(7)5-2-8-3-6-5;5-3-4-1-2-4;;/h7-9,11,13H,5-6,10H2,1-4H3;6-8,10-11H,4-5,9H2,1-3H3,(H,22,23);6-7,9-10,12H,4-5,8H2,1-3H3;4-6H,7H2,1-3H3;1-6H3;1-3H,(H2,7,8);2-3H,1H3;4H,1-3H2;;1H2/q;;;;;;;;+1;/p-1. The van der Waals surface area contributed by atoms with Gasteiger partial charge in [-0.25, -0.2) is 53.9 Å². The number of aromatic nitrogens is 8. The summed E-state index contributed by atoms with van der Waals surface area (Å²) >= 11 is 13.4. The largest absolute Gasteiger partial charge is 1.00 e. The first-order chi connectivity index (χ1) is 56.7. The monoisotopic (exact) mass is 1970 g/mol. The minimum atomic E-state index is -1.17. The number of nitrogens with zero attached hydrogens (tertiary/aromatic N) is 10. The Balaban J connectivity index is 0.000000380. The number of carboxylic acids is 1. The Kier molecular flexibility index (Phi) is 44.0. The maximum atomic E-state index is 12.6. The SMILES string of the molecule is BrCC1CC1.CC(=O)c1coc(-c2ccnc(N(CC3CC3)C(=O)OC(C)(C)C)c2)n1.CC(=O)c1cocn1.CC(C)(C)OC(=O)C(CC1CC1)c1cc(Br)ccn1.CC(C)(C)OC(=O)Cc1cc(Br)ccn1.CC(C)(C)OC(=O)N(CC1CC1)c1cc(-c2nc(C(=O)O)co2)ccn1.CC(C)(C)OC(=O)OC(=O)OC(C)(C)C.Nc1cc(Br)ccn1.[Li+].[OH-]. The van der Waals surface area contributed by atoms with E-state index in [0.717, 1.165) is 63.4 Å². The molecule has 12 rings (SSSR count). The first-order valence-corrected chi connectivity index (χ1v) is 42.9. The molecule has 672 valence electrons. The van der Waals surface area contributed by atoms with Gasteiger partial charge in [0.15, 0.2) is 23.7 Å². The van der Waals surface area contributed by atoms with E-state index in [4.69, 9.17) is 48.1 Å². The van der Waals surface area contributed by atoms with Crippen molar-refractivity contribution >= 4 is 135 Å². The molecule has 0 aromatic carbocycles. The number of aromatic carboxylic acids is 1. The molecule has 8 aromatic heterocycles. The number of pyridine rings is 5. The number of carbonyl (C=O) groups is 9. The predicted octanol–water partition coefficient (Wildman–Crippen LogP) is 18.3. The molecule has 1 unspecified atom stereocenters. The van der Waals surface area contributed by atoms with Crippen molar-refractivity contribution in [3.63, 3.8) is 0 Å².